The summed E-state index contributed by atoms with van der Waals surface area (Å²) in [6, 6.07) is 16.9. The van der Waals surface area contributed by atoms with Crippen molar-refractivity contribution in [2.45, 2.75) is 19.3 Å². The number of anilines is 1. The Labute approximate surface area is 151 Å². The van der Waals surface area contributed by atoms with Gasteiger partial charge < -0.3 is 9.88 Å². The summed E-state index contributed by atoms with van der Waals surface area (Å²) in [7, 11) is 1.97. The van der Waals surface area contributed by atoms with Crippen molar-refractivity contribution < 1.29 is 4.79 Å². The number of nitrogens with zero attached hydrogens (tertiary/aromatic N) is 1. The number of aromatic amines is 1. The molecule has 1 N–H and O–H groups in total. The normalized spacial score (nSPS) is 16.9. The van der Waals surface area contributed by atoms with Gasteiger partial charge >= 0.3 is 0 Å². The molecule has 2 heterocycles. The van der Waals surface area contributed by atoms with Crippen LogP contribution in [-0.4, -0.2) is 17.8 Å². The summed E-state index contributed by atoms with van der Waals surface area (Å²) in [5, 5.41) is 0.755. The topological polar surface area (TPSA) is 53.2 Å². The molecule has 3 aromatic rings. The van der Waals surface area contributed by atoms with Gasteiger partial charge in [0.05, 0.1) is 0 Å². The number of hydrogen-bond acceptors (Lipinski definition) is 3. The van der Waals surface area contributed by atoms with Gasteiger partial charge in [-0.05, 0) is 17.7 Å². The largest absolute Gasteiger partial charge is 0.347 e. The first-order valence-electron chi connectivity index (χ1n) is 8.61. The van der Waals surface area contributed by atoms with Crippen LogP contribution in [-0.2, 0) is 5.41 Å². The molecule has 0 atom stereocenters. The highest BCUT2D eigenvalue weighted by Crippen LogP contribution is 2.46. The van der Waals surface area contributed by atoms with Crippen LogP contribution in [0.5, 0.6) is 0 Å². The minimum absolute atomic E-state index is 0.157. The molecule has 0 unspecified atom stereocenters. The maximum Gasteiger partial charge on any atom is 0.249 e. The zero-order valence-electron chi connectivity index (χ0n) is 15.0. The van der Waals surface area contributed by atoms with Crippen molar-refractivity contribution in [3.05, 3.63) is 87.9 Å². The number of carbonyl (C=O) groups excluding carboxylic acids is 1. The molecule has 0 fully saturated rings. The Balaban J connectivity index is 1.86. The second-order valence-corrected chi connectivity index (χ2v) is 7.19. The summed E-state index contributed by atoms with van der Waals surface area (Å²) in [4.78, 5) is 29.9. The molecular formula is C22H20N2O2. The predicted octanol–water partition coefficient (Wildman–Crippen LogP) is 4.02. The molecule has 0 radical (unpaired) electrons. The van der Waals surface area contributed by atoms with E-state index in [1.54, 1.807) is 6.08 Å². The lowest BCUT2D eigenvalue weighted by atomic mass is 9.83. The first-order valence-corrected chi connectivity index (χ1v) is 8.61. The molecule has 0 bridgehead atoms. The molecule has 1 aliphatic heterocycles. The number of carbonyl (C=O) groups is 1. The van der Waals surface area contributed by atoms with Gasteiger partial charge in [-0.15, -0.1) is 0 Å². The molecule has 0 spiro atoms. The van der Waals surface area contributed by atoms with Gasteiger partial charge in [0.25, 0.3) is 0 Å². The summed E-state index contributed by atoms with van der Waals surface area (Å²) in [5.41, 5.74) is 3.77. The lowest BCUT2D eigenvalue weighted by Gasteiger charge is -2.24. The number of likely N-dealkylation sites (N-methyl/N-ethyl adjacent to an activating group) is 1. The van der Waals surface area contributed by atoms with Gasteiger partial charge in [-0.1, -0.05) is 50.2 Å². The molecule has 130 valence electrons. The number of H-pyrrole nitrogens is 1. The Morgan fingerprint density at radius 1 is 1.08 bits per heavy atom. The zero-order valence-corrected chi connectivity index (χ0v) is 15.0. The lowest BCUT2D eigenvalue weighted by Crippen LogP contribution is -2.24. The lowest BCUT2D eigenvalue weighted by molar-refractivity contribution is 0.104. The van der Waals surface area contributed by atoms with Crippen molar-refractivity contribution in [3.8, 4) is 0 Å². The molecule has 0 saturated carbocycles. The molecular weight excluding hydrogens is 324 g/mol. The van der Waals surface area contributed by atoms with Gasteiger partial charge in [-0.25, -0.2) is 0 Å². The van der Waals surface area contributed by atoms with Gasteiger partial charge in [0.15, 0.2) is 5.78 Å². The van der Waals surface area contributed by atoms with E-state index in [1.807, 2.05) is 43.4 Å². The maximum atomic E-state index is 13.1. The summed E-state index contributed by atoms with van der Waals surface area (Å²) in [5.74, 6) is -0.157. The minimum Gasteiger partial charge on any atom is -0.347 e. The number of nitrogens with one attached hydrogen (secondary N) is 1. The average Bonchev–Trinajstić information content (AvgIpc) is 2.82. The van der Waals surface area contributed by atoms with Gasteiger partial charge in [-0.3, -0.25) is 9.59 Å². The van der Waals surface area contributed by atoms with E-state index in [0.29, 0.717) is 11.1 Å². The van der Waals surface area contributed by atoms with Crippen molar-refractivity contribution in [1.29, 1.82) is 0 Å². The molecule has 4 heteroatoms. The van der Waals surface area contributed by atoms with Crippen LogP contribution in [0.15, 0.2) is 71.2 Å². The highest BCUT2D eigenvalue weighted by atomic mass is 16.1. The van der Waals surface area contributed by atoms with Crippen molar-refractivity contribution in [1.82, 2.24) is 4.98 Å². The molecule has 1 aromatic heterocycles. The highest BCUT2D eigenvalue weighted by molar-refractivity contribution is 6.13. The first-order chi connectivity index (χ1) is 12.4. The van der Waals surface area contributed by atoms with Crippen molar-refractivity contribution in [3.63, 3.8) is 0 Å². The van der Waals surface area contributed by atoms with Gasteiger partial charge in [0.2, 0.25) is 5.56 Å². The van der Waals surface area contributed by atoms with Crippen LogP contribution in [0.1, 0.15) is 29.8 Å². The smallest absolute Gasteiger partial charge is 0.249 e. The number of para-hydroxylation sites is 2. The van der Waals surface area contributed by atoms with Crippen molar-refractivity contribution in [2.75, 3.05) is 11.9 Å². The fourth-order valence-corrected chi connectivity index (χ4v) is 3.87. The number of allylic oxidation sites excluding steroid dienone is 2. The van der Waals surface area contributed by atoms with Crippen molar-refractivity contribution in [2.24, 2.45) is 0 Å². The standard InChI is InChI=1S/C22H20N2O2/c1-22(2)16-9-5-7-11-18(16)24(3)20(22)13-19(25)15-12-21(26)23-17-10-6-4-8-14(15)17/h4-13H,1-3H3,(H,23,26)/b20-13-. The summed E-state index contributed by atoms with van der Waals surface area (Å²) >= 11 is 0. The van der Waals surface area contributed by atoms with E-state index in [4.69, 9.17) is 0 Å². The Morgan fingerprint density at radius 2 is 1.77 bits per heavy atom. The summed E-state index contributed by atoms with van der Waals surface area (Å²) in [6.45, 7) is 4.23. The van der Waals surface area contributed by atoms with Gasteiger partial charge in [-0.2, -0.15) is 0 Å². The molecule has 2 aromatic carbocycles. The number of aromatic nitrogens is 1. The third kappa shape index (κ3) is 2.37. The Bertz CT molecular complexity index is 1120. The van der Waals surface area contributed by atoms with Crippen LogP contribution < -0.4 is 10.5 Å². The van der Waals surface area contributed by atoms with Crippen LogP contribution in [0.2, 0.25) is 0 Å². The molecule has 0 aliphatic carbocycles. The number of pyridine rings is 1. The van der Waals surface area contributed by atoms with Crippen LogP contribution in [0.4, 0.5) is 5.69 Å². The molecule has 4 rings (SSSR count). The van der Waals surface area contributed by atoms with E-state index in [9.17, 15) is 9.59 Å². The Hall–Kier alpha value is -3.14. The van der Waals surface area contributed by atoms with Gasteiger partial charge in [0.1, 0.15) is 0 Å². The number of ketones is 1. The predicted molar refractivity (Wildman–Crippen MR) is 105 cm³/mol. The van der Waals surface area contributed by atoms with E-state index in [2.05, 4.69) is 35.9 Å². The van der Waals surface area contributed by atoms with Crippen molar-refractivity contribution >= 4 is 22.4 Å². The highest BCUT2D eigenvalue weighted by Gasteiger charge is 2.38. The third-order valence-corrected chi connectivity index (χ3v) is 5.22. The molecule has 0 saturated heterocycles. The number of benzene rings is 2. The van der Waals surface area contributed by atoms with Crippen LogP contribution >= 0.6 is 0 Å². The van der Waals surface area contributed by atoms with E-state index >= 15 is 0 Å². The van der Waals surface area contributed by atoms with Crippen LogP contribution in [0.3, 0.4) is 0 Å². The average molecular weight is 344 g/mol. The molecule has 1 aliphatic rings. The fraction of sp³-hybridized carbons (Fsp3) is 0.182. The third-order valence-electron chi connectivity index (χ3n) is 5.22. The second kappa shape index (κ2) is 5.70. The van der Waals surface area contributed by atoms with Gasteiger partial charge in [0, 0.05) is 52.5 Å². The summed E-state index contributed by atoms with van der Waals surface area (Å²) in [6.07, 6.45) is 1.67. The van der Waals surface area contributed by atoms with E-state index in [1.165, 1.54) is 11.6 Å². The fourth-order valence-electron chi connectivity index (χ4n) is 3.87. The van der Waals surface area contributed by atoms with Crippen LogP contribution in [0.25, 0.3) is 10.9 Å². The minimum atomic E-state index is -0.280. The zero-order chi connectivity index (χ0) is 18.5. The second-order valence-electron chi connectivity index (χ2n) is 7.19. The van der Waals surface area contributed by atoms with E-state index in [0.717, 1.165) is 16.8 Å². The quantitative estimate of drug-likeness (QED) is 0.564. The monoisotopic (exact) mass is 344 g/mol. The molecule has 0 amide bonds. The van der Waals surface area contributed by atoms with E-state index < -0.39 is 0 Å². The number of hydrogen-bond donors (Lipinski definition) is 1. The maximum absolute atomic E-state index is 13.1. The number of rotatable bonds is 2. The van der Waals surface area contributed by atoms with E-state index in [-0.39, 0.29) is 16.8 Å². The molecule has 4 nitrogen and oxygen atoms in total. The molecule has 26 heavy (non-hydrogen) atoms. The Morgan fingerprint density at radius 3 is 2.54 bits per heavy atom. The number of fused-ring (bicyclic) bond motifs is 2. The first kappa shape index (κ1) is 16.3. The van der Waals surface area contributed by atoms with Crippen LogP contribution in [0, 0.1) is 0 Å². The Kier molecular flexibility index (Phi) is 3.58. The SMILES string of the molecule is CN1/C(=C\C(=O)c2cc(=O)[nH]c3ccccc23)C(C)(C)c2ccccc21. The summed E-state index contributed by atoms with van der Waals surface area (Å²) < 4.78 is 0.